The highest BCUT2D eigenvalue weighted by Gasteiger charge is 2.44. The molecule has 1 fully saturated rings. The van der Waals surface area contributed by atoms with Gasteiger partial charge in [0.2, 0.25) is 6.33 Å². The number of esters is 1. The van der Waals surface area contributed by atoms with Crippen molar-refractivity contribution in [3.63, 3.8) is 0 Å². The lowest BCUT2D eigenvalue weighted by atomic mass is 9.82. The third kappa shape index (κ3) is 7.66. The molecule has 1 aliphatic rings. The van der Waals surface area contributed by atoms with Crippen LogP contribution in [-0.4, -0.2) is 38.4 Å². The van der Waals surface area contributed by atoms with Crippen LogP contribution >= 0.6 is 11.3 Å². The van der Waals surface area contributed by atoms with Crippen molar-refractivity contribution in [2.75, 3.05) is 6.54 Å². The van der Waals surface area contributed by atoms with E-state index >= 15 is 4.39 Å². The predicted molar refractivity (Wildman–Crippen MR) is 175 cm³/mol. The zero-order chi connectivity index (χ0) is 34.9. The lowest BCUT2D eigenvalue weighted by Crippen LogP contribution is -3.00. The maximum atomic E-state index is 15.3. The zero-order valence-electron chi connectivity index (χ0n) is 27.5. The van der Waals surface area contributed by atoms with E-state index < -0.39 is 34.5 Å². The summed E-state index contributed by atoms with van der Waals surface area (Å²) >= 11 is 1.23. The first kappa shape index (κ1) is 36.9. The van der Waals surface area contributed by atoms with Gasteiger partial charge in [-0.1, -0.05) is 19.1 Å². The van der Waals surface area contributed by atoms with Crippen molar-refractivity contribution in [3.05, 3.63) is 117 Å². The molecule has 9 nitrogen and oxygen atoms in total. The molecule has 50 heavy (non-hydrogen) atoms. The van der Waals surface area contributed by atoms with E-state index in [-0.39, 0.29) is 35.5 Å². The van der Waals surface area contributed by atoms with Crippen LogP contribution in [0.3, 0.4) is 0 Å². The van der Waals surface area contributed by atoms with Crippen molar-refractivity contribution in [3.8, 4) is 23.1 Å². The Morgan fingerprint density at radius 2 is 1.86 bits per heavy atom. The van der Waals surface area contributed by atoms with Gasteiger partial charge in [-0.3, -0.25) is 0 Å². The van der Waals surface area contributed by atoms with Crippen LogP contribution in [0.25, 0.3) is 11.3 Å². The fraction of sp³-hybridized carbons (Fsp3) is 0.306. The van der Waals surface area contributed by atoms with Crippen molar-refractivity contribution in [1.29, 1.82) is 5.26 Å². The smallest absolute Gasteiger partial charge is 0.328 e. The van der Waals surface area contributed by atoms with Gasteiger partial charge in [-0.15, -0.1) is 16.0 Å². The molecule has 0 aliphatic carbocycles. The third-order valence-corrected chi connectivity index (χ3v) is 9.89. The minimum atomic E-state index is -2.10. The Kier molecular flexibility index (Phi) is 11.2. The molecule has 2 N–H and O–H groups in total. The van der Waals surface area contributed by atoms with Crippen molar-refractivity contribution < 1.29 is 49.4 Å². The van der Waals surface area contributed by atoms with E-state index in [1.165, 1.54) is 16.0 Å². The van der Waals surface area contributed by atoms with Crippen LogP contribution in [0.5, 0.6) is 5.75 Å². The molecular formula is C36H34BrF3N6O3S. The number of ether oxygens (including phenoxy) is 1. The second kappa shape index (κ2) is 15.2. The molecule has 5 aromatic rings. The number of rotatable bonds is 10. The molecule has 14 heteroatoms. The van der Waals surface area contributed by atoms with Crippen LogP contribution in [0.2, 0.25) is 0 Å². The van der Waals surface area contributed by atoms with Crippen LogP contribution in [0.1, 0.15) is 58.5 Å². The lowest BCUT2D eigenvalue weighted by Gasteiger charge is -2.32. The minimum Gasteiger partial charge on any atom is -1.00 e. The normalized spacial score (nSPS) is 15.9. The van der Waals surface area contributed by atoms with Gasteiger partial charge in [0.15, 0.2) is 11.6 Å². The molecule has 1 unspecified atom stereocenters. The Morgan fingerprint density at radius 3 is 2.52 bits per heavy atom. The number of hydrogen-bond donors (Lipinski definition) is 2. The number of carbonyl (C=O) groups is 1. The third-order valence-electron chi connectivity index (χ3n) is 8.86. The fourth-order valence-electron chi connectivity index (χ4n) is 6.18. The SMILES string of the molecule is Cc1cc(C[n+]2cnn(C[C@](O)(c3cc(F)c(F)cc3F)[C@H](C)c3nc(-c4ccc(C#N)cc4)cs3)c2)cc(C)c1OC(=O)C1CCCN1.[Br-]. The van der Waals surface area contributed by atoms with Crippen molar-refractivity contribution in [2.24, 2.45) is 0 Å². The second-order valence-corrected chi connectivity index (χ2v) is 13.3. The fourth-order valence-corrected chi connectivity index (χ4v) is 7.15. The Bertz CT molecular complexity index is 2040. The quantitative estimate of drug-likeness (QED) is 0.0973. The number of nitrogens with one attached hydrogen (secondary N) is 1. The van der Waals surface area contributed by atoms with E-state index in [0.717, 1.165) is 41.6 Å². The summed E-state index contributed by atoms with van der Waals surface area (Å²) in [4.78, 5) is 17.3. The molecule has 1 saturated heterocycles. The Hall–Kier alpha value is -4.42. The van der Waals surface area contributed by atoms with Crippen LogP contribution in [0.15, 0.2) is 66.6 Å². The van der Waals surface area contributed by atoms with Crippen molar-refractivity contribution in [2.45, 2.75) is 64.3 Å². The molecule has 3 atom stereocenters. The molecule has 2 aromatic heterocycles. The highest BCUT2D eigenvalue weighted by Crippen LogP contribution is 2.42. The molecule has 3 heterocycles. The molecule has 0 radical (unpaired) electrons. The van der Waals surface area contributed by atoms with E-state index in [0.29, 0.717) is 40.7 Å². The van der Waals surface area contributed by atoms with Gasteiger partial charge >= 0.3 is 5.97 Å². The average Bonchev–Trinajstić information content (AvgIpc) is 3.87. The standard InChI is InChI=1S/C36H34F3N6O3S.BrH/c1-21-11-25(12-22(2)33(21)48-35(46)31-5-4-10-41-31)16-44-19-42-45(20-44)18-36(47,27-13-29(38)30(39)14-28(27)37)23(3)34-43-32(17-49-34)26-8-6-24(15-40)7-9-26;/h6-9,11-14,17,19-20,23,31,41,47H,4-5,10,16,18H2,1-3H3;1H/q+1;/p-1/t23-,31?,36-;/m1./s1. The summed E-state index contributed by atoms with van der Waals surface area (Å²) < 4.78 is 52.8. The maximum Gasteiger partial charge on any atom is 0.328 e. The van der Waals surface area contributed by atoms with Gasteiger partial charge in [0.05, 0.1) is 28.9 Å². The molecule has 260 valence electrons. The number of benzene rings is 3. The number of aromatic nitrogens is 4. The number of halogens is 4. The van der Waals surface area contributed by atoms with Crippen LogP contribution in [0, 0.1) is 42.6 Å². The minimum absolute atomic E-state index is 0. The molecule has 1 aliphatic heterocycles. The van der Waals surface area contributed by atoms with Crippen LogP contribution in [0.4, 0.5) is 13.2 Å². The highest BCUT2D eigenvalue weighted by molar-refractivity contribution is 7.10. The maximum absolute atomic E-state index is 15.3. The van der Waals surface area contributed by atoms with Crippen LogP contribution in [-0.2, 0) is 23.5 Å². The topological polar surface area (TPSA) is 117 Å². The molecule has 0 amide bonds. The van der Waals surface area contributed by atoms with E-state index in [2.05, 4.69) is 21.5 Å². The molecule has 0 saturated carbocycles. The molecule has 0 spiro atoms. The van der Waals surface area contributed by atoms with Gasteiger partial charge in [-0.25, -0.2) is 27.5 Å². The van der Waals surface area contributed by atoms with Gasteiger partial charge in [0.1, 0.15) is 29.8 Å². The van der Waals surface area contributed by atoms with Gasteiger partial charge in [-0.2, -0.15) is 5.26 Å². The van der Waals surface area contributed by atoms with Crippen LogP contribution < -0.4 is 31.6 Å². The van der Waals surface area contributed by atoms with Gasteiger partial charge in [0.25, 0.3) is 6.33 Å². The summed E-state index contributed by atoms with van der Waals surface area (Å²) in [6, 6.07) is 13.5. The summed E-state index contributed by atoms with van der Waals surface area (Å²) in [5.74, 6) is -4.43. The lowest BCUT2D eigenvalue weighted by molar-refractivity contribution is -0.689. The second-order valence-electron chi connectivity index (χ2n) is 12.4. The summed E-state index contributed by atoms with van der Waals surface area (Å²) in [5, 5.41) is 31.1. The van der Waals surface area contributed by atoms with Crippen molar-refractivity contribution >= 4 is 17.3 Å². The summed E-state index contributed by atoms with van der Waals surface area (Å²) in [5.41, 5.74) is 1.80. The number of nitrogens with zero attached hydrogens (tertiary/aromatic N) is 5. The zero-order valence-corrected chi connectivity index (χ0v) is 29.9. The number of carbonyl (C=O) groups excluding carboxylic acids is 1. The summed E-state index contributed by atoms with van der Waals surface area (Å²) in [7, 11) is 0. The largest absolute Gasteiger partial charge is 1.00 e. The number of hydrogen-bond acceptors (Lipinski definition) is 8. The predicted octanol–water partition coefficient (Wildman–Crippen LogP) is 2.60. The molecular weight excluding hydrogens is 733 g/mol. The van der Waals surface area contributed by atoms with Gasteiger partial charge in [-0.05, 0) is 80.3 Å². The number of thiazole rings is 1. The monoisotopic (exact) mass is 766 g/mol. The summed E-state index contributed by atoms with van der Waals surface area (Å²) in [6.45, 7) is 6.25. The average molecular weight is 768 g/mol. The number of aryl methyl sites for hydroxylation is 2. The van der Waals surface area contributed by atoms with Gasteiger partial charge < -0.3 is 32.1 Å². The Morgan fingerprint density at radius 1 is 1.16 bits per heavy atom. The van der Waals surface area contributed by atoms with E-state index in [9.17, 15) is 18.7 Å². The first-order valence-electron chi connectivity index (χ1n) is 15.7. The van der Waals surface area contributed by atoms with E-state index in [4.69, 9.17) is 10.00 Å². The Balaban J connectivity index is 0.00000486. The first-order chi connectivity index (χ1) is 23.4. The van der Waals surface area contributed by atoms with E-state index in [1.807, 2.05) is 26.0 Å². The number of nitriles is 1. The highest BCUT2D eigenvalue weighted by atomic mass is 79.9. The van der Waals surface area contributed by atoms with Gasteiger partial charge in [0, 0.05) is 33.6 Å². The first-order valence-corrected chi connectivity index (χ1v) is 16.6. The van der Waals surface area contributed by atoms with E-state index in [1.54, 1.807) is 53.8 Å². The molecule has 0 bridgehead atoms. The number of aliphatic hydroxyl groups is 1. The summed E-state index contributed by atoms with van der Waals surface area (Å²) in [6.07, 6.45) is 4.85. The molecule has 6 rings (SSSR count). The molecule has 3 aromatic carbocycles. The Labute approximate surface area is 301 Å². The van der Waals surface area contributed by atoms with Crippen molar-refractivity contribution in [1.82, 2.24) is 20.1 Å².